The summed E-state index contributed by atoms with van der Waals surface area (Å²) in [5.74, 6) is -1.25. The number of nitrogens with one attached hydrogen (secondary N) is 2. The molecule has 24 heavy (non-hydrogen) atoms. The van der Waals surface area contributed by atoms with Crippen molar-refractivity contribution in [3.05, 3.63) is 12.2 Å². The number of halogens is 3. The summed E-state index contributed by atoms with van der Waals surface area (Å²) in [4.78, 5) is 26.6. The first-order chi connectivity index (χ1) is 11.4. The standard InChI is InChI=1S/C13H15F3N6O2/c1-2-24-12(23)22-4-3-7(5-22)19-10-8-9(18-6-17-8)20-11(21-10)13(14,15)16/h6-7H,2-5H2,1H3,(H2,17,18,19,20,21)/t7-/m0/s1. The molecule has 1 saturated heterocycles. The van der Waals surface area contributed by atoms with Crippen LogP contribution in [0.2, 0.25) is 0 Å². The lowest BCUT2D eigenvalue weighted by Gasteiger charge is -2.17. The fourth-order valence-corrected chi connectivity index (χ4v) is 2.52. The highest BCUT2D eigenvalue weighted by atomic mass is 19.4. The van der Waals surface area contributed by atoms with E-state index in [0.29, 0.717) is 19.5 Å². The molecule has 0 saturated carbocycles. The molecule has 2 aromatic heterocycles. The fourth-order valence-electron chi connectivity index (χ4n) is 2.52. The Hall–Kier alpha value is -2.59. The normalized spacial score (nSPS) is 18.2. The van der Waals surface area contributed by atoms with E-state index in [0.717, 1.165) is 0 Å². The van der Waals surface area contributed by atoms with E-state index < -0.39 is 18.1 Å². The summed E-state index contributed by atoms with van der Waals surface area (Å²) >= 11 is 0. The molecule has 1 aliphatic heterocycles. The SMILES string of the molecule is CCOC(=O)N1CC[C@H](Nc2nc(C(F)(F)F)nc3nc[nH]c23)C1. The van der Waals surface area contributed by atoms with Crippen molar-refractivity contribution in [2.24, 2.45) is 0 Å². The molecule has 3 rings (SSSR count). The Balaban J connectivity index is 1.80. The number of imidazole rings is 1. The highest BCUT2D eigenvalue weighted by Gasteiger charge is 2.36. The number of aromatic nitrogens is 4. The van der Waals surface area contributed by atoms with E-state index >= 15 is 0 Å². The molecule has 0 spiro atoms. The maximum atomic E-state index is 12.9. The number of likely N-dealkylation sites (tertiary alicyclic amines) is 1. The Morgan fingerprint density at radius 2 is 2.29 bits per heavy atom. The van der Waals surface area contributed by atoms with Crippen LogP contribution in [0.25, 0.3) is 11.2 Å². The molecule has 0 aliphatic carbocycles. The summed E-state index contributed by atoms with van der Waals surface area (Å²) in [6, 6.07) is -0.239. The molecule has 8 nitrogen and oxygen atoms in total. The minimum Gasteiger partial charge on any atom is -0.450 e. The topological polar surface area (TPSA) is 96.0 Å². The van der Waals surface area contributed by atoms with Gasteiger partial charge in [0.05, 0.1) is 12.9 Å². The van der Waals surface area contributed by atoms with Gasteiger partial charge in [-0.25, -0.2) is 19.7 Å². The van der Waals surface area contributed by atoms with Gasteiger partial charge in [-0.2, -0.15) is 13.2 Å². The van der Waals surface area contributed by atoms with Crippen LogP contribution >= 0.6 is 0 Å². The maximum Gasteiger partial charge on any atom is 0.451 e. The van der Waals surface area contributed by atoms with Gasteiger partial charge in [0.1, 0.15) is 5.52 Å². The zero-order valence-electron chi connectivity index (χ0n) is 12.7. The van der Waals surface area contributed by atoms with Gasteiger partial charge >= 0.3 is 12.3 Å². The quantitative estimate of drug-likeness (QED) is 0.884. The minimum atomic E-state index is -4.67. The van der Waals surface area contributed by atoms with Gasteiger partial charge in [0.15, 0.2) is 11.5 Å². The molecule has 0 radical (unpaired) electrons. The van der Waals surface area contributed by atoms with E-state index in [1.165, 1.54) is 11.2 Å². The molecule has 0 bridgehead atoms. The van der Waals surface area contributed by atoms with Crippen molar-refractivity contribution in [1.29, 1.82) is 0 Å². The molecular weight excluding hydrogens is 329 g/mol. The number of H-pyrrole nitrogens is 1. The number of carbonyl (C=O) groups is 1. The molecule has 11 heteroatoms. The predicted octanol–water partition coefficient (Wildman–Crippen LogP) is 2.01. The molecule has 2 aromatic rings. The zero-order chi connectivity index (χ0) is 17.3. The van der Waals surface area contributed by atoms with Crippen molar-refractivity contribution in [2.75, 3.05) is 25.0 Å². The number of anilines is 1. The number of aromatic amines is 1. The van der Waals surface area contributed by atoms with Crippen molar-refractivity contribution in [1.82, 2.24) is 24.8 Å². The number of fused-ring (bicyclic) bond motifs is 1. The van der Waals surface area contributed by atoms with Gasteiger partial charge in [0, 0.05) is 19.1 Å². The molecular formula is C13H15F3N6O2. The monoisotopic (exact) mass is 344 g/mol. The zero-order valence-corrected chi connectivity index (χ0v) is 12.7. The van der Waals surface area contributed by atoms with E-state index in [4.69, 9.17) is 4.74 Å². The van der Waals surface area contributed by atoms with Crippen LogP contribution in [-0.2, 0) is 10.9 Å². The summed E-state index contributed by atoms with van der Waals surface area (Å²) in [6.07, 6.45) is -3.28. The summed E-state index contributed by atoms with van der Waals surface area (Å²) < 4.78 is 43.6. The van der Waals surface area contributed by atoms with Crippen LogP contribution < -0.4 is 5.32 Å². The Bertz CT molecular complexity index is 747. The van der Waals surface area contributed by atoms with Gasteiger partial charge in [0.2, 0.25) is 5.82 Å². The highest BCUT2D eigenvalue weighted by Crippen LogP contribution is 2.29. The average Bonchev–Trinajstić information content (AvgIpc) is 3.15. The van der Waals surface area contributed by atoms with Gasteiger partial charge in [-0.05, 0) is 13.3 Å². The lowest BCUT2D eigenvalue weighted by molar-refractivity contribution is -0.144. The number of rotatable bonds is 3. The molecule has 1 aliphatic rings. The van der Waals surface area contributed by atoms with Crippen LogP contribution in [0.4, 0.5) is 23.8 Å². The summed E-state index contributed by atoms with van der Waals surface area (Å²) in [5, 5.41) is 2.94. The van der Waals surface area contributed by atoms with Crippen LogP contribution in [0.15, 0.2) is 6.33 Å². The number of amides is 1. The Labute approximate surface area is 134 Å². The van der Waals surface area contributed by atoms with E-state index in [2.05, 4.69) is 25.3 Å². The van der Waals surface area contributed by atoms with Gasteiger partial charge in [-0.3, -0.25) is 0 Å². The smallest absolute Gasteiger partial charge is 0.450 e. The van der Waals surface area contributed by atoms with E-state index in [-0.39, 0.29) is 29.6 Å². The van der Waals surface area contributed by atoms with Crippen LogP contribution in [0.3, 0.4) is 0 Å². The Morgan fingerprint density at radius 1 is 1.50 bits per heavy atom. The molecule has 0 aromatic carbocycles. The third-order valence-electron chi connectivity index (χ3n) is 3.59. The minimum absolute atomic E-state index is 0.0144. The van der Waals surface area contributed by atoms with Crippen LogP contribution in [-0.4, -0.2) is 56.7 Å². The van der Waals surface area contributed by atoms with Crippen molar-refractivity contribution in [3.8, 4) is 0 Å². The number of nitrogens with zero attached hydrogens (tertiary/aromatic N) is 4. The first-order valence-corrected chi connectivity index (χ1v) is 7.35. The molecule has 0 unspecified atom stereocenters. The molecule has 1 fully saturated rings. The predicted molar refractivity (Wildman–Crippen MR) is 77.3 cm³/mol. The number of carbonyl (C=O) groups excluding carboxylic acids is 1. The molecule has 1 atom stereocenters. The van der Waals surface area contributed by atoms with Crippen molar-refractivity contribution in [3.63, 3.8) is 0 Å². The van der Waals surface area contributed by atoms with Crippen LogP contribution in [0.1, 0.15) is 19.2 Å². The van der Waals surface area contributed by atoms with E-state index in [1.54, 1.807) is 6.92 Å². The lowest BCUT2D eigenvalue weighted by Crippen LogP contribution is -2.32. The summed E-state index contributed by atoms with van der Waals surface area (Å²) in [7, 11) is 0. The third-order valence-corrected chi connectivity index (χ3v) is 3.59. The summed E-state index contributed by atoms with van der Waals surface area (Å²) in [5.41, 5.74) is 0.220. The number of alkyl halides is 3. The van der Waals surface area contributed by atoms with E-state index in [9.17, 15) is 18.0 Å². The van der Waals surface area contributed by atoms with Crippen molar-refractivity contribution in [2.45, 2.75) is 25.6 Å². The number of hydrogen-bond acceptors (Lipinski definition) is 6. The molecule has 2 N–H and O–H groups in total. The van der Waals surface area contributed by atoms with Gasteiger partial charge in [-0.15, -0.1) is 0 Å². The second kappa shape index (κ2) is 6.13. The number of hydrogen-bond donors (Lipinski definition) is 2. The first kappa shape index (κ1) is 16.3. The van der Waals surface area contributed by atoms with E-state index in [1.807, 2.05) is 0 Å². The van der Waals surface area contributed by atoms with Crippen LogP contribution in [0, 0.1) is 0 Å². The Kier molecular flexibility index (Phi) is 4.16. The molecule has 130 valence electrons. The number of ether oxygens (including phenoxy) is 1. The van der Waals surface area contributed by atoms with Gasteiger partial charge < -0.3 is 19.9 Å². The second-order valence-electron chi connectivity index (χ2n) is 5.27. The fraction of sp³-hybridized carbons (Fsp3) is 0.538. The molecule has 3 heterocycles. The lowest BCUT2D eigenvalue weighted by atomic mass is 10.2. The summed E-state index contributed by atoms with van der Waals surface area (Å²) in [6.45, 7) is 2.75. The van der Waals surface area contributed by atoms with Crippen LogP contribution in [0.5, 0.6) is 0 Å². The first-order valence-electron chi connectivity index (χ1n) is 7.35. The Morgan fingerprint density at radius 3 is 3.00 bits per heavy atom. The van der Waals surface area contributed by atoms with Crippen molar-refractivity contribution < 1.29 is 22.7 Å². The highest BCUT2D eigenvalue weighted by molar-refractivity contribution is 5.82. The second-order valence-corrected chi connectivity index (χ2v) is 5.27. The van der Waals surface area contributed by atoms with Gasteiger partial charge in [-0.1, -0.05) is 0 Å². The average molecular weight is 344 g/mol. The largest absolute Gasteiger partial charge is 0.451 e. The molecule has 1 amide bonds. The van der Waals surface area contributed by atoms with Crippen molar-refractivity contribution >= 4 is 23.1 Å². The van der Waals surface area contributed by atoms with Gasteiger partial charge in [0.25, 0.3) is 0 Å². The maximum absolute atomic E-state index is 12.9. The third kappa shape index (κ3) is 3.19.